The third kappa shape index (κ3) is 6.99. The van der Waals surface area contributed by atoms with E-state index in [9.17, 15) is 28.8 Å². The van der Waals surface area contributed by atoms with Crippen LogP contribution in [0.5, 0.6) is 5.75 Å². The molecule has 0 radical (unpaired) electrons. The van der Waals surface area contributed by atoms with Gasteiger partial charge in [-0.3, -0.25) is 0 Å². The lowest BCUT2D eigenvalue weighted by Crippen LogP contribution is -2.56. The highest BCUT2D eigenvalue weighted by molar-refractivity contribution is 7.91. The summed E-state index contributed by atoms with van der Waals surface area (Å²) < 4.78 is 37.8. The molecule has 0 aliphatic carbocycles. The Labute approximate surface area is 233 Å². The fourth-order valence-electron chi connectivity index (χ4n) is 4.70. The summed E-state index contributed by atoms with van der Waals surface area (Å²) in [5.74, 6) is 0.150. The lowest BCUT2D eigenvalue weighted by Gasteiger charge is -2.41. The molecule has 5 unspecified atom stereocenters. The first kappa shape index (κ1) is 29.5. The Hall–Kier alpha value is -2.50. The van der Waals surface area contributed by atoms with Crippen LogP contribution < -0.4 is 4.74 Å². The Morgan fingerprint density at radius 1 is 0.923 bits per heavy atom. The average Bonchev–Trinajstić information content (AvgIpc) is 2.92. The van der Waals surface area contributed by atoms with Gasteiger partial charge in [-0.05, 0) is 72.4 Å². The zero-order chi connectivity index (χ0) is 28.2. The van der Waals surface area contributed by atoms with Crippen molar-refractivity contribution in [1.29, 1.82) is 0 Å². The fourth-order valence-corrected chi connectivity index (χ4v) is 6.40. The van der Waals surface area contributed by atoms with Crippen LogP contribution in [0.25, 0.3) is 0 Å². The van der Waals surface area contributed by atoms with E-state index in [2.05, 4.69) is 0 Å². The van der Waals surface area contributed by atoms with Crippen molar-refractivity contribution in [3.63, 3.8) is 0 Å². The van der Waals surface area contributed by atoms with Crippen LogP contribution in [0.4, 0.5) is 0 Å². The van der Waals surface area contributed by atoms with Crippen LogP contribution in [0.1, 0.15) is 35.3 Å². The van der Waals surface area contributed by atoms with Crippen molar-refractivity contribution in [3.8, 4) is 5.75 Å². The predicted molar refractivity (Wildman–Crippen MR) is 147 cm³/mol. The zero-order valence-corrected chi connectivity index (χ0v) is 23.1. The Morgan fingerprint density at radius 3 is 2.36 bits per heavy atom. The smallest absolute Gasteiger partial charge is 0.181 e. The van der Waals surface area contributed by atoms with Gasteiger partial charge in [0.2, 0.25) is 0 Å². The second-order valence-corrected chi connectivity index (χ2v) is 12.0. The fraction of sp³-hybridized carbons (Fsp3) is 0.379. The molecule has 1 aliphatic heterocycles. The van der Waals surface area contributed by atoms with Gasteiger partial charge in [0, 0.05) is 11.6 Å². The molecule has 3 aromatic rings. The number of rotatable bonds is 10. The van der Waals surface area contributed by atoms with E-state index in [1.165, 1.54) is 12.1 Å². The Morgan fingerprint density at radius 2 is 1.67 bits per heavy atom. The highest BCUT2D eigenvalue weighted by atomic mass is 35.5. The predicted octanol–water partition coefficient (Wildman–Crippen LogP) is 2.86. The first-order valence-electron chi connectivity index (χ1n) is 12.7. The molecule has 0 aromatic heterocycles. The van der Waals surface area contributed by atoms with E-state index in [4.69, 9.17) is 21.1 Å². The van der Waals surface area contributed by atoms with Gasteiger partial charge in [-0.15, -0.1) is 0 Å². The van der Waals surface area contributed by atoms with Gasteiger partial charge in [-0.25, -0.2) is 8.42 Å². The largest absolute Gasteiger partial charge is 0.494 e. The molecule has 39 heavy (non-hydrogen) atoms. The van der Waals surface area contributed by atoms with Gasteiger partial charge in [-0.1, -0.05) is 48.0 Å². The molecule has 0 bridgehead atoms. The highest BCUT2D eigenvalue weighted by Gasteiger charge is 2.46. The first-order chi connectivity index (χ1) is 18.6. The summed E-state index contributed by atoms with van der Waals surface area (Å²) in [7, 11) is -3.93. The number of hydrogen-bond donors (Lipinski definition) is 4. The van der Waals surface area contributed by atoms with E-state index in [1.807, 2.05) is 31.2 Å². The van der Waals surface area contributed by atoms with Crippen LogP contribution in [-0.4, -0.2) is 72.2 Å². The summed E-state index contributed by atoms with van der Waals surface area (Å²) in [4.78, 5) is 0.0190. The molecular formula is C29H33ClO8S. The lowest BCUT2D eigenvalue weighted by molar-refractivity contribution is -0.218. The molecule has 5 atom stereocenters. The second-order valence-electron chi connectivity index (χ2n) is 9.57. The quantitative estimate of drug-likeness (QED) is 0.289. The van der Waals surface area contributed by atoms with Crippen molar-refractivity contribution in [1.82, 2.24) is 0 Å². The van der Waals surface area contributed by atoms with Gasteiger partial charge in [0.1, 0.15) is 36.3 Å². The average molecular weight is 577 g/mol. The van der Waals surface area contributed by atoms with Gasteiger partial charge >= 0.3 is 0 Å². The Balaban J connectivity index is 1.56. The van der Waals surface area contributed by atoms with Crippen molar-refractivity contribution in [3.05, 3.63) is 94.0 Å². The number of hydrogen-bond acceptors (Lipinski definition) is 8. The van der Waals surface area contributed by atoms with E-state index in [1.54, 1.807) is 30.3 Å². The minimum atomic E-state index is -3.93. The van der Waals surface area contributed by atoms with E-state index in [-0.39, 0.29) is 11.5 Å². The SMILES string of the molecule is CCOc1ccc(Cc2cc(C3OC(CS(=O)(=O)c4cccc(CCO)c4)C(O)C(O)C3O)ccc2Cl)cc1. The molecule has 0 saturated carbocycles. The lowest BCUT2D eigenvalue weighted by atomic mass is 9.90. The molecule has 8 nitrogen and oxygen atoms in total. The topological polar surface area (TPSA) is 134 Å². The second kappa shape index (κ2) is 12.8. The normalized spacial score (nSPS) is 23.5. The van der Waals surface area contributed by atoms with Crippen molar-refractivity contribution in [2.45, 2.75) is 55.2 Å². The summed E-state index contributed by atoms with van der Waals surface area (Å²) in [6.45, 7) is 2.35. The van der Waals surface area contributed by atoms with Crippen molar-refractivity contribution in [2.24, 2.45) is 0 Å². The monoisotopic (exact) mass is 576 g/mol. The molecule has 1 aliphatic rings. The Bertz CT molecular complexity index is 1360. The molecule has 3 aromatic carbocycles. The third-order valence-electron chi connectivity index (χ3n) is 6.78. The maximum absolute atomic E-state index is 13.2. The van der Waals surface area contributed by atoms with Crippen LogP contribution in [0.3, 0.4) is 0 Å². The highest BCUT2D eigenvalue weighted by Crippen LogP contribution is 2.35. The summed E-state index contributed by atoms with van der Waals surface area (Å²) in [6, 6.07) is 18.8. The van der Waals surface area contributed by atoms with E-state index >= 15 is 0 Å². The number of benzene rings is 3. The van der Waals surface area contributed by atoms with E-state index in [0.29, 0.717) is 35.6 Å². The van der Waals surface area contributed by atoms with Gasteiger partial charge in [0.05, 0.1) is 17.3 Å². The van der Waals surface area contributed by atoms with Crippen LogP contribution in [0.15, 0.2) is 71.6 Å². The van der Waals surface area contributed by atoms with Crippen molar-refractivity contribution in [2.75, 3.05) is 19.0 Å². The number of halogens is 1. The van der Waals surface area contributed by atoms with Gasteiger partial charge < -0.3 is 29.9 Å². The number of sulfone groups is 1. The molecule has 1 fully saturated rings. The maximum atomic E-state index is 13.2. The standard InChI is InChI=1S/C29H33ClO8S/c1-2-37-22-9-6-19(7-10-22)14-21-16-20(8-11-24(21)30)29-28(34)27(33)26(32)25(38-29)17-39(35,36)23-5-3-4-18(15-23)12-13-31/h3-11,15-16,25-29,31-34H,2,12-14,17H2,1H3. The Kier molecular flexibility index (Phi) is 9.66. The van der Waals surface area contributed by atoms with Gasteiger partial charge in [0.15, 0.2) is 9.84 Å². The minimum absolute atomic E-state index is 0.0190. The molecule has 1 heterocycles. The number of ether oxygens (including phenoxy) is 2. The van der Waals surface area contributed by atoms with E-state index in [0.717, 1.165) is 16.9 Å². The van der Waals surface area contributed by atoms with Crippen LogP contribution >= 0.6 is 11.6 Å². The zero-order valence-electron chi connectivity index (χ0n) is 21.5. The third-order valence-corrected chi connectivity index (χ3v) is 8.89. The van der Waals surface area contributed by atoms with Crippen molar-refractivity contribution >= 4 is 21.4 Å². The van der Waals surface area contributed by atoms with Crippen molar-refractivity contribution < 1.29 is 38.3 Å². The molecule has 4 rings (SSSR count). The number of aliphatic hydroxyl groups is 4. The molecule has 0 amide bonds. The first-order valence-corrected chi connectivity index (χ1v) is 14.8. The summed E-state index contributed by atoms with van der Waals surface area (Å²) in [5.41, 5.74) is 2.87. The summed E-state index contributed by atoms with van der Waals surface area (Å²) in [5, 5.41) is 41.7. The number of aliphatic hydroxyl groups excluding tert-OH is 4. The molecule has 4 N–H and O–H groups in total. The molecule has 1 saturated heterocycles. The van der Waals surface area contributed by atoms with Crippen LogP contribution in [0.2, 0.25) is 5.02 Å². The molecular weight excluding hydrogens is 544 g/mol. The molecule has 0 spiro atoms. The summed E-state index contributed by atoms with van der Waals surface area (Å²) in [6.07, 6.45) is -6.36. The van der Waals surface area contributed by atoms with Gasteiger partial charge in [0.25, 0.3) is 0 Å². The minimum Gasteiger partial charge on any atom is -0.494 e. The molecule has 210 valence electrons. The van der Waals surface area contributed by atoms with E-state index < -0.39 is 46.1 Å². The molecule has 10 heteroatoms. The summed E-state index contributed by atoms with van der Waals surface area (Å²) >= 11 is 6.46. The van der Waals surface area contributed by atoms with Gasteiger partial charge in [-0.2, -0.15) is 0 Å². The maximum Gasteiger partial charge on any atom is 0.181 e. The van der Waals surface area contributed by atoms with Crippen LogP contribution in [-0.2, 0) is 27.4 Å². The van der Waals surface area contributed by atoms with Crippen LogP contribution in [0, 0.1) is 0 Å².